The number of nitrogens with zero attached hydrogens (tertiary/aromatic N) is 1. The van der Waals surface area contributed by atoms with E-state index in [-0.39, 0.29) is 16.9 Å². The Bertz CT molecular complexity index is 1010. The highest BCUT2D eigenvalue weighted by Crippen LogP contribution is 2.27. The molecule has 1 aromatic heterocycles. The summed E-state index contributed by atoms with van der Waals surface area (Å²) in [6.07, 6.45) is 3.41. The Hall–Kier alpha value is -3.08. The van der Waals surface area contributed by atoms with Gasteiger partial charge in [0.2, 0.25) is 5.43 Å². The molecular weight excluding hydrogens is 326 g/mol. The van der Waals surface area contributed by atoms with Crippen LogP contribution in [-0.4, -0.2) is 30.5 Å². The van der Waals surface area contributed by atoms with E-state index in [1.54, 1.807) is 12.1 Å². The quantitative estimate of drug-likeness (QED) is 0.698. The summed E-state index contributed by atoms with van der Waals surface area (Å²) in [6, 6.07) is 15.7. The van der Waals surface area contributed by atoms with Gasteiger partial charge in [0.15, 0.2) is 0 Å². The molecule has 1 amide bonds. The fraction of sp³-hybridized carbons (Fsp3) is 0.238. The fourth-order valence-electron chi connectivity index (χ4n) is 3.54. The van der Waals surface area contributed by atoms with Gasteiger partial charge in [-0.25, -0.2) is 0 Å². The van der Waals surface area contributed by atoms with E-state index in [1.807, 2.05) is 12.1 Å². The minimum atomic E-state index is -0.321. The molecule has 0 saturated heterocycles. The summed E-state index contributed by atoms with van der Waals surface area (Å²) in [5.74, 6) is -0.321. The topological polar surface area (TPSA) is 65.2 Å². The zero-order valence-electron chi connectivity index (χ0n) is 14.5. The van der Waals surface area contributed by atoms with E-state index >= 15 is 0 Å². The average molecular weight is 347 g/mol. The first-order valence-electron chi connectivity index (χ1n) is 8.95. The number of hydrogen-bond acceptors (Lipinski definition) is 3. The number of benzene rings is 2. The molecule has 0 atom stereocenters. The molecular formula is C21H21N3O2. The van der Waals surface area contributed by atoms with Crippen molar-refractivity contribution in [2.75, 3.05) is 24.5 Å². The Morgan fingerprint density at radius 1 is 1.12 bits per heavy atom. The van der Waals surface area contributed by atoms with Crippen molar-refractivity contribution in [2.45, 2.75) is 12.8 Å². The van der Waals surface area contributed by atoms with Gasteiger partial charge in [-0.05, 0) is 36.6 Å². The van der Waals surface area contributed by atoms with Crippen molar-refractivity contribution in [3.8, 4) is 0 Å². The summed E-state index contributed by atoms with van der Waals surface area (Å²) in [4.78, 5) is 30.2. The molecule has 5 nitrogen and oxygen atoms in total. The number of carbonyl (C=O) groups excluding carboxylic acids is 1. The van der Waals surface area contributed by atoms with Crippen LogP contribution in [0.5, 0.6) is 0 Å². The molecule has 0 unspecified atom stereocenters. The molecule has 3 aromatic rings. The van der Waals surface area contributed by atoms with E-state index in [2.05, 4.69) is 39.5 Å². The number of H-pyrrole nitrogens is 1. The van der Waals surface area contributed by atoms with Crippen LogP contribution >= 0.6 is 0 Å². The summed E-state index contributed by atoms with van der Waals surface area (Å²) >= 11 is 0. The van der Waals surface area contributed by atoms with Gasteiger partial charge < -0.3 is 15.2 Å². The molecule has 0 spiro atoms. The first kappa shape index (κ1) is 16.4. The molecule has 2 heterocycles. The fourth-order valence-corrected chi connectivity index (χ4v) is 3.54. The molecule has 132 valence electrons. The van der Waals surface area contributed by atoms with Crippen LogP contribution < -0.4 is 15.6 Å². The van der Waals surface area contributed by atoms with E-state index in [0.29, 0.717) is 11.9 Å². The van der Waals surface area contributed by atoms with Crippen LogP contribution in [0.25, 0.3) is 10.9 Å². The second-order valence-electron chi connectivity index (χ2n) is 6.55. The molecule has 0 fully saturated rings. The van der Waals surface area contributed by atoms with Gasteiger partial charge in [0, 0.05) is 42.4 Å². The molecule has 0 saturated carbocycles. The monoisotopic (exact) mass is 347 g/mol. The van der Waals surface area contributed by atoms with Crippen LogP contribution in [-0.2, 0) is 6.42 Å². The van der Waals surface area contributed by atoms with Gasteiger partial charge >= 0.3 is 0 Å². The smallest absolute Gasteiger partial charge is 0.256 e. The minimum Gasteiger partial charge on any atom is -0.371 e. The summed E-state index contributed by atoms with van der Waals surface area (Å²) in [6.45, 7) is 2.47. The third-order valence-electron chi connectivity index (χ3n) is 4.91. The van der Waals surface area contributed by atoms with E-state index < -0.39 is 0 Å². The SMILES string of the molecule is O=C(NCCCN1CCc2ccccc21)c1c[nH]c2ccccc2c1=O. The maximum Gasteiger partial charge on any atom is 0.256 e. The van der Waals surface area contributed by atoms with Gasteiger partial charge in [0.25, 0.3) is 5.91 Å². The lowest BCUT2D eigenvalue weighted by atomic mass is 10.1. The highest BCUT2D eigenvalue weighted by atomic mass is 16.2. The van der Waals surface area contributed by atoms with Crippen molar-refractivity contribution >= 4 is 22.5 Å². The van der Waals surface area contributed by atoms with Crippen LogP contribution in [0.3, 0.4) is 0 Å². The molecule has 2 aromatic carbocycles. The first-order chi connectivity index (χ1) is 12.7. The summed E-state index contributed by atoms with van der Waals surface area (Å²) < 4.78 is 0. The Kier molecular flexibility index (Phi) is 4.44. The molecule has 1 aliphatic heterocycles. The number of pyridine rings is 1. The maximum absolute atomic E-state index is 12.5. The number of fused-ring (bicyclic) bond motifs is 2. The minimum absolute atomic E-state index is 0.162. The zero-order chi connectivity index (χ0) is 17.9. The lowest BCUT2D eigenvalue weighted by molar-refractivity contribution is 0.0952. The highest BCUT2D eigenvalue weighted by Gasteiger charge is 2.18. The lowest BCUT2D eigenvalue weighted by Crippen LogP contribution is -2.32. The van der Waals surface area contributed by atoms with E-state index in [0.717, 1.165) is 31.4 Å². The van der Waals surface area contributed by atoms with Gasteiger partial charge in [-0.15, -0.1) is 0 Å². The third kappa shape index (κ3) is 3.08. The number of rotatable bonds is 5. The number of aromatic amines is 1. The summed E-state index contributed by atoms with van der Waals surface area (Å²) in [7, 11) is 0. The molecule has 5 heteroatoms. The second-order valence-corrected chi connectivity index (χ2v) is 6.55. The molecule has 4 rings (SSSR count). The molecule has 0 aliphatic carbocycles. The summed E-state index contributed by atoms with van der Waals surface area (Å²) in [5, 5.41) is 3.40. The number of nitrogens with one attached hydrogen (secondary N) is 2. The lowest BCUT2D eigenvalue weighted by Gasteiger charge is -2.19. The number of anilines is 1. The number of amides is 1. The number of carbonyl (C=O) groups is 1. The average Bonchev–Trinajstić information content (AvgIpc) is 3.09. The van der Waals surface area contributed by atoms with Crippen LogP contribution in [0.15, 0.2) is 59.5 Å². The molecule has 1 aliphatic rings. The predicted octanol–water partition coefficient (Wildman–Crippen LogP) is 2.71. The van der Waals surface area contributed by atoms with Crippen LogP contribution in [0.2, 0.25) is 0 Å². The maximum atomic E-state index is 12.5. The van der Waals surface area contributed by atoms with Gasteiger partial charge in [-0.1, -0.05) is 30.3 Å². The van der Waals surface area contributed by atoms with Crippen LogP contribution in [0.4, 0.5) is 5.69 Å². The number of aromatic nitrogens is 1. The number of hydrogen-bond donors (Lipinski definition) is 2. The van der Waals surface area contributed by atoms with Crippen molar-refractivity contribution in [1.29, 1.82) is 0 Å². The molecule has 2 N–H and O–H groups in total. The second kappa shape index (κ2) is 7.04. The van der Waals surface area contributed by atoms with Crippen molar-refractivity contribution in [3.05, 3.63) is 76.1 Å². The van der Waals surface area contributed by atoms with Crippen LogP contribution in [0.1, 0.15) is 22.3 Å². The third-order valence-corrected chi connectivity index (χ3v) is 4.91. The zero-order valence-corrected chi connectivity index (χ0v) is 14.5. The van der Waals surface area contributed by atoms with Gasteiger partial charge in [-0.2, -0.15) is 0 Å². The van der Waals surface area contributed by atoms with Crippen LogP contribution in [0, 0.1) is 0 Å². The predicted molar refractivity (Wildman–Crippen MR) is 104 cm³/mol. The molecule has 26 heavy (non-hydrogen) atoms. The van der Waals surface area contributed by atoms with Crippen molar-refractivity contribution in [3.63, 3.8) is 0 Å². The van der Waals surface area contributed by atoms with E-state index in [1.165, 1.54) is 17.4 Å². The van der Waals surface area contributed by atoms with Gasteiger partial charge in [0.05, 0.1) is 0 Å². The standard InChI is InChI=1S/C21H21N3O2/c25-20-16-7-2-3-8-18(16)23-14-17(20)21(26)22-11-5-12-24-13-10-15-6-1-4-9-19(15)24/h1-4,6-9,14H,5,10-13H2,(H,22,26)(H,23,25). The van der Waals surface area contributed by atoms with E-state index in [9.17, 15) is 9.59 Å². The largest absolute Gasteiger partial charge is 0.371 e. The Morgan fingerprint density at radius 2 is 1.92 bits per heavy atom. The highest BCUT2D eigenvalue weighted by molar-refractivity contribution is 5.97. The number of para-hydroxylation sites is 2. The van der Waals surface area contributed by atoms with E-state index in [4.69, 9.17) is 0 Å². The van der Waals surface area contributed by atoms with Crippen molar-refractivity contribution in [2.24, 2.45) is 0 Å². The Labute approximate surface area is 151 Å². The Morgan fingerprint density at radius 3 is 2.85 bits per heavy atom. The first-order valence-corrected chi connectivity index (χ1v) is 8.95. The molecule has 0 radical (unpaired) electrons. The molecule has 0 bridgehead atoms. The van der Waals surface area contributed by atoms with Crippen molar-refractivity contribution in [1.82, 2.24) is 10.3 Å². The normalized spacial score (nSPS) is 13.0. The van der Waals surface area contributed by atoms with Gasteiger partial charge in [-0.3, -0.25) is 9.59 Å². The van der Waals surface area contributed by atoms with Crippen molar-refractivity contribution < 1.29 is 4.79 Å². The van der Waals surface area contributed by atoms with Gasteiger partial charge in [0.1, 0.15) is 5.56 Å². The Balaban J connectivity index is 1.35. The summed E-state index contributed by atoms with van der Waals surface area (Å²) in [5.41, 5.74) is 3.35.